The molecule has 1 aliphatic rings. The quantitative estimate of drug-likeness (QED) is 0.717. The van der Waals surface area contributed by atoms with Gasteiger partial charge < -0.3 is 10.2 Å². The highest BCUT2D eigenvalue weighted by molar-refractivity contribution is 7.92. The van der Waals surface area contributed by atoms with Gasteiger partial charge in [-0.1, -0.05) is 25.8 Å². The second-order valence-electron chi connectivity index (χ2n) is 7.80. The summed E-state index contributed by atoms with van der Waals surface area (Å²) in [6.07, 6.45) is 6.55. The minimum atomic E-state index is -3.59. The topological polar surface area (TPSA) is 69.7 Å². The van der Waals surface area contributed by atoms with Gasteiger partial charge in [0.2, 0.25) is 15.9 Å². The fourth-order valence-electron chi connectivity index (χ4n) is 3.74. The van der Waals surface area contributed by atoms with Gasteiger partial charge in [-0.25, -0.2) is 8.42 Å². The molecule has 1 atom stereocenters. The molecule has 1 amide bonds. The first-order valence-corrected chi connectivity index (χ1v) is 12.2. The predicted octanol–water partition coefficient (Wildman–Crippen LogP) is 2.84. The third-order valence-electron chi connectivity index (χ3n) is 5.50. The van der Waals surface area contributed by atoms with Gasteiger partial charge >= 0.3 is 0 Å². The lowest BCUT2D eigenvalue weighted by molar-refractivity contribution is -0.122. The van der Waals surface area contributed by atoms with E-state index in [1.807, 2.05) is 32.9 Å². The van der Waals surface area contributed by atoms with Gasteiger partial charge in [-0.05, 0) is 69.5 Å². The minimum absolute atomic E-state index is 0.235. The molecule has 1 heterocycles. The van der Waals surface area contributed by atoms with Crippen LogP contribution in [0.1, 0.15) is 50.2 Å². The fourth-order valence-corrected chi connectivity index (χ4v) is 4.94. The maximum Gasteiger partial charge on any atom is 0.243 e. The van der Waals surface area contributed by atoms with Gasteiger partial charge in [0.25, 0.3) is 0 Å². The van der Waals surface area contributed by atoms with Crippen LogP contribution in [0.25, 0.3) is 0 Å². The molecule has 28 heavy (non-hydrogen) atoms. The molecule has 1 saturated heterocycles. The Labute approximate surface area is 170 Å². The summed E-state index contributed by atoms with van der Waals surface area (Å²) in [5.74, 6) is -0.235. The van der Waals surface area contributed by atoms with Crippen molar-refractivity contribution >= 4 is 21.6 Å². The van der Waals surface area contributed by atoms with E-state index in [1.54, 1.807) is 6.07 Å². The zero-order valence-electron chi connectivity index (χ0n) is 17.7. The summed E-state index contributed by atoms with van der Waals surface area (Å²) in [6, 6.07) is 4.76. The van der Waals surface area contributed by atoms with Crippen molar-refractivity contribution in [2.75, 3.05) is 36.7 Å². The number of carbonyl (C=O) groups is 1. The highest BCUT2D eigenvalue weighted by Gasteiger charge is 2.31. The second-order valence-corrected chi connectivity index (χ2v) is 9.66. The van der Waals surface area contributed by atoms with Gasteiger partial charge in [0, 0.05) is 13.1 Å². The number of nitrogens with zero attached hydrogens (tertiary/aromatic N) is 2. The summed E-state index contributed by atoms with van der Waals surface area (Å²) in [6.45, 7) is 9.28. The Morgan fingerprint density at radius 2 is 1.79 bits per heavy atom. The van der Waals surface area contributed by atoms with Crippen LogP contribution in [0, 0.1) is 13.8 Å². The number of rotatable bonds is 8. The summed E-state index contributed by atoms with van der Waals surface area (Å²) >= 11 is 0. The molecule has 1 fully saturated rings. The number of likely N-dealkylation sites (tertiary alicyclic amines) is 1. The van der Waals surface area contributed by atoms with Crippen molar-refractivity contribution in [2.45, 2.75) is 58.9 Å². The number of amides is 1. The molecule has 1 N–H and O–H groups in total. The molecule has 7 heteroatoms. The predicted molar refractivity (Wildman–Crippen MR) is 115 cm³/mol. The lowest BCUT2D eigenvalue weighted by Gasteiger charge is -2.31. The maximum absolute atomic E-state index is 12.9. The highest BCUT2D eigenvalue weighted by atomic mass is 32.2. The van der Waals surface area contributed by atoms with Gasteiger partial charge in [0.15, 0.2) is 0 Å². The number of carbonyl (C=O) groups excluding carboxylic acids is 1. The number of hydrogen-bond acceptors (Lipinski definition) is 4. The van der Waals surface area contributed by atoms with Gasteiger partial charge in [-0.2, -0.15) is 0 Å². The van der Waals surface area contributed by atoms with E-state index < -0.39 is 16.1 Å². The zero-order valence-corrected chi connectivity index (χ0v) is 18.5. The van der Waals surface area contributed by atoms with Crippen LogP contribution in [0.2, 0.25) is 0 Å². The lowest BCUT2D eigenvalue weighted by atomic mass is 10.1. The molecular weight excluding hydrogens is 374 g/mol. The maximum atomic E-state index is 12.9. The van der Waals surface area contributed by atoms with Crippen LogP contribution in [-0.2, 0) is 14.8 Å². The molecule has 6 nitrogen and oxygen atoms in total. The normalized spacial score (nSPS) is 17.0. The number of sulfonamides is 1. The molecule has 0 aliphatic carbocycles. The number of nitrogens with one attached hydrogen (secondary N) is 1. The van der Waals surface area contributed by atoms with Crippen molar-refractivity contribution in [3.63, 3.8) is 0 Å². The van der Waals surface area contributed by atoms with Crippen LogP contribution in [-0.4, -0.2) is 57.7 Å². The highest BCUT2D eigenvalue weighted by Crippen LogP contribution is 2.25. The number of aryl methyl sites for hydroxylation is 2. The molecule has 0 spiro atoms. The molecule has 0 bridgehead atoms. The summed E-state index contributed by atoms with van der Waals surface area (Å²) < 4.78 is 26.3. The van der Waals surface area contributed by atoms with Crippen molar-refractivity contribution < 1.29 is 13.2 Å². The van der Waals surface area contributed by atoms with Crippen molar-refractivity contribution in [3.8, 4) is 0 Å². The molecule has 0 aromatic heterocycles. The van der Waals surface area contributed by atoms with Gasteiger partial charge in [-0.15, -0.1) is 0 Å². The van der Waals surface area contributed by atoms with E-state index in [0.29, 0.717) is 18.7 Å². The van der Waals surface area contributed by atoms with E-state index in [1.165, 1.54) is 30.0 Å². The van der Waals surface area contributed by atoms with Gasteiger partial charge in [0.05, 0.1) is 11.9 Å². The number of anilines is 1. The molecule has 0 radical (unpaired) electrons. The van der Waals surface area contributed by atoms with E-state index >= 15 is 0 Å². The van der Waals surface area contributed by atoms with E-state index in [9.17, 15) is 13.2 Å². The average Bonchev–Trinajstić information content (AvgIpc) is 2.90. The molecule has 0 unspecified atom stereocenters. The number of hydrogen-bond donors (Lipinski definition) is 1. The Hall–Kier alpha value is -1.60. The molecular formula is C21H35N3O3S. The molecule has 2 rings (SSSR count). The Balaban J connectivity index is 2.09. The SMILES string of the molecule is CC[C@@H](C(=O)NCCN1CCCCCC1)N(c1ccc(C)c(C)c1)S(C)(=O)=O. The standard InChI is InChI=1S/C21H35N3O3S/c1-5-20(21(25)22-12-15-23-13-8-6-7-9-14-23)24(28(4,26)27)19-11-10-17(2)18(3)16-19/h10-11,16,20H,5-9,12-15H2,1-4H3,(H,22,25)/t20-/m0/s1. The van der Waals surface area contributed by atoms with E-state index in [-0.39, 0.29) is 5.91 Å². The van der Waals surface area contributed by atoms with E-state index in [2.05, 4.69) is 10.2 Å². The molecule has 0 saturated carbocycles. The largest absolute Gasteiger partial charge is 0.353 e. The molecule has 1 aromatic carbocycles. The lowest BCUT2D eigenvalue weighted by Crippen LogP contribution is -2.50. The minimum Gasteiger partial charge on any atom is -0.353 e. The van der Waals surface area contributed by atoms with Crippen LogP contribution in [0.4, 0.5) is 5.69 Å². The zero-order chi connectivity index (χ0) is 20.7. The molecule has 1 aromatic rings. The van der Waals surface area contributed by atoms with Crippen molar-refractivity contribution in [2.24, 2.45) is 0 Å². The van der Waals surface area contributed by atoms with Gasteiger partial charge in [-0.3, -0.25) is 9.10 Å². The summed E-state index contributed by atoms with van der Waals surface area (Å²) in [7, 11) is -3.59. The Kier molecular flexibility index (Phi) is 8.31. The summed E-state index contributed by atoms with van der Waals surface area (Å²) in [5.41, 5.74) is 2.63. The molecule has 158 valence electrons. The second kappa shape index (κ2) is 10.3. The fraction of sp³-hybridized carbons (Fsp3) is 0.667. The molecule has 1 aliphatic heterocycles. The summed E-state index contributed by atoms with van der Waals surface area (Å²) in [5, 5.41) is 2.96. The van der Waals surface area contributed by atoms with Crippen LogP contribution >= 0.6 is 0 Å². The van der Waals surface area contributed by atoms with Crippen LogP contribution < -0.4 is 9.62 Å². The smallest absolute Gasteiger partial charge is 0.243 e. The van der Waals surface area contributed by atoms with E-state index in [4.69, 9.17) is 0 Å². The Morgan fingerprint density at radius 3 is 2.32 bits per heavy atom. The van der Waals surface area contributed by atoms with Crippen molar-refractivity contribution in [1.82, 2.24) is 10.2 Å². The monoisotopic (exact) mass is 409 g/mol. The van der Waals surface area contributed by atoms with Crippen LogP contribution in [0.15, 0.2) is 18.2 Å². The van der Waals surface area contributed by atoms with Gasteiger partial charge in [0.1, 0.15) is 6.04 Å². The summed E-state index contributed by atoms with van der Waals surface area (Å²) in [4.78, 5) is 15.2. The first-order valence-electron chi connectivity index (χ1n) is 10.3. The third-order valence-corrected chi connectivity index (χ3v) is 6.68. The first kappa shape index (κ1) is 22.7. The van der Waals surface area contributed by atoms with E-state index in [0.717, 1.165) is 37.0 Å². The Morgan fingerprint density at radius 1 is 1.14 bits per heavy atom. The first-order chi connectivity index (χ1) is 13.2. The van der Waals surface area contributed by atoms with Crippen LogP contribution in [0.5, 0.6) is 0 Å². The average molecular weight is 410 g/mol. The van der Waals surface area contributed by atoms with Crippen LogP contribution in [0.3, 0.4) is 0 Å². The van der Waals surface area contributed by atoms with Crippen molar-refractivity contribution in [1.29, 1.82) is 0 Å². The number of benzene rings is 1. The van der Waals surface area contributed by atoms with Crippen molar-refractivity contribution in [3.05, 3.63) is 29.3 Å². The third kappa shape index (κ3) is 6.21. The Bertz CT molecular complexity index is 756.